The van der Waals surface area contributed by atoms with Gasteiger partial charge >= 0.3 is 0 Å². The second-order valence-electron chi connectivity index (χ2n) is 5.46. The maximum atomic E-state index is 14.2. The molecule has 0 radical (unpaired) electrons. The van der Waals surface area contributed by atoms with E-state index >= 15 is 0 Å². The van der Waals surface area contributed by atoms with Crippen LogP contribution >= 0.6 is 11.6 Å². The normalized spacial score (nSPS) is 15.4. The van der Waals surface area contributed by atoms with Gasteiger partial charge in [-0.05, 0) is 38.2 Å². The van der Waals surface area contributed by atoms with Crippen molar-refractivity contribution in [3.63, 3.8) is 0 Å². The van der Waals surface area contributed by atoms with Gasteiger partial charge in [0.15, 0.2) is 5.69 Å². The number of aromatic nitrogens is 2. The Bertz CT molecular complexity index is 743. The van der Waals surface area contributed by atoms with Crippen molar-refractivity contribution in [1.29, 1.82) is 0 Å². The number of nitrogens with two attached hydrogens (primary N) is 1. The van der Waals surface area contributed by atoms with Gasteiger partial charge in [0.1, 0.15) is 11.6 Å². The Morgan fingerprint density at radius 1 is 1.41 bits per heavy atom. The Kier molecular flexibility index (Phi) is 3.88. The molecule has 0 spiro atoms. The van der Waals surface area contributed by atoms with Gasteiger partial charge in [-0.15, -0.1) is 0 Å². The fourth-order valence-corrected chi connectivity index (χ4v) is 2.95. The lowest BCUT2D eigenvalue weighted by Crippen LogP contribution is -2.21. The predicted molar refractivity (Wildman–Crippen MR) is 82.1 cm³/mol. The molecule has 0 unspecified atom stereocenters. The van der Waals surface area contributed by atoms with E-state index < -0.39 is 11.7 Å². The number of amides is 1. The zero-order chi connectivity index (χ0) is 15.9. The van der Waals surface area contributed by atoms with Crippen molar-refractivity contribution in [3.8, 4) is 11.4 Å². The SMILES string of the molecule is CN1CCCn2c(-c3ccc(Cl)cc3F)nc(C(N)=O)c2C1. The molecule has 1 aromatic carbocycles. The molecule has 0 atom stereocenters. The van der Waals surface area contributed by atoms with Gasteiger partial charge in [-0.3, -0.25) is 4.79 Å². The number of imidazole rings is 1. The average Bonchev–Trinajstić information content (AvgIpc) is 2.67. The lowest BCUT2D eigenvalue weighted by atomic mass is 10.2. The van der Waals surface area contributed by atoms with Gasteiger partial charge in [0.05, 0.1) is 11.3 Å². The predicted octanol–water partition coefficient (Wildman–Crippen LogP) is 2.28. The van der Waals surface area contributed by atoms with Crippen molar-refractivity contribution in [2.45, 2.75) is 19.5 Å². The Labute approximate surface area is 132 Å². The molecule has 1 aliphatic heterocycles. The van der Waals surface area contributed by atoms with Crippen LogP contribution in [-0.2, 0) is 13.1 Å². The number of hydrogen-bond donors (Lipinski definition) is 1. The minimum atomic E-state index is -0.598. The first kappa shape index (κ1) is 15.0. The second-order valence-corrected chi connectivity index (χ2v) is 5.90. The molecule has 0 bridgehead atoms. The molecule has 2 N–H and O–H groups in total. The Hall–Kier alpha value is -1.92. The molecule has 0 saturated heterocycles. The molecule has 1 aromatic heterocycles. The molecule has 3 rings (SSSR count). The van der Waals surface area contributed by atoms with E-state index in [0.29, 0.717) is 29.5 Å². The molecule has 2 aromatic rings. The summed E-state index contributed by atoms with van der Waals surface area (Å²) in [5, 5.41) is 0.318. The summed E-state index contributed by atoms with van der Waals surface area (Å²) in [5.74, 6) is -0.637. The lowest BCUT2D eigenvalue weighted by Gasteiger charge is -2.12. The van der Waals surface area contributed by atoms with Crippen LogP contribution in [0.1, 0.15) is 22.6 Å². The van der Waals surface area contributed by atoms with E-state index in [1.165, 1.54) is 6.07 Å². The molecule has 116 valence electrons. The standard InChI is InChI=1S/C15H16ClFN4O/c1-20-5-2-6-21-12(8-20)13(14(18)22)19-15(21)10-4-3-9(16)7-11(10)17/h3-4,7H,2,5-6,8H2,1H3,(H2,18,22). The largest absolute Gasteiger partial charge is 0.364 e. The second kappa shape index (κ2) is 5.70. The Morgan fingerprint density at radius 3 is 2.86 bits per heavy atom. The van der Waals surface area contributed by atoms with E-state index in [4.69, 9.17) is 17.3 Å². The number of rotatable bonds is 2. The van der Waals surface area contributed by atoms with Crippen molar-refractivity contribution in [2.75, 3.05) is 13.6 Å². The number of nitrogens with zero attached hydrogens (tertiary/aromatic N) is 3. The molecule has 5 nitrogen and oxygen atoms in total. The van der Waals surface area contributed by atoms with E-state index in [2.05, 4.69) is 9.88 Å². The summed E-state index contributed by atoms with van der Waals surface area (Å²) in [6.45, 7) is 2.11. The number of benzene rings is 1. The monoisotopic (exact) mass is 322 g/mol. The van der Waals surface area contributed by atoms with Crippen LogP contribution in [0.5, 0.6) is 0 Å². The molecule has 7 heteroatoms. The quantitative estimate of drug-likeness (QED) is 0.922. The molecule has 1 amide bonds. The lowest BCUT2D eigenvalue weighted by molar-refractivity contribution is 0.0994. The molecule has 0 aliphatic carbocycles. The topological polar surface area (TPSA) is 64.2 Å². The van der Waals surface area contributed by atoms with Crippen LogP contribution in [0.4, 0.5) is 4.39 Å². The highest BCUT2D eigenvalue weighted by Gasteiger charge is 2.25. The smallest absolute Gasteiger partial charge is 0.269 e. The zero-order valence-corrected chi connectivity index (χ0v) is 12.9. The Balaban J connectivity index is 2.20. The summed E-state index contributed by atoms with van der Waals surface area (Å²) in [7, 11) is 1.97. The number of carbonyl (C=O) groups is 1. The van der Waals surface area contributed by atoms with Gasteiger partial charge in [0.2, 0.25) is 0 Å². The highest BCUT2D eigenvalue weighted by molar-refractivity contribution is 6.30. The van der Waals surface area contributed by atoms with Crippen LogP contribution in [0.3, 0.4) is 0 Å². The van der Waals surface area contributed by atoms with E-state index in [1.54, 1.807) is 12.1 Å². The molecule has 2 heterocycles. The summed E-state index contributed by atoms with van der Waals surface area (Å²) in [5.41, 5.74) is 6.70. The van der Waals surface area contributed by atoms with Crippen molar-refractivity contribution >= 4 is 17.5 Å². The first-order chi connectivity index (χ1) is 10.5. The van der Waals surface area contributed by atoms with Crippen molar-refractivity contribution < 1.29 is 9.18 Å². The van der Waals surface area contributed by atoms with Crippen molar-refractivity contribution in [3.05, 3.63) is 40.4 Å². The fourth-order valence-electron chi connectivity index (χ4n) is 2.79. The third kappa shape index (κ3) is 2.60. The van der Waals surface area contributed by atoms with Crippen LogP contribution in [0, 0.1) is 5.82 Å². The van der Waals surface area contributed by atoms with E-state index in [1.807, 2.05) is 11.6 Å². The third-order valence-electron chi connectivity index (χ3n) is 3.82. The maximum absolute atomic E-state index is 14.2. The molecular formula is C15H16ClFN4O. The summed E-state index contributed by atoms with van der Waals surface area (Å²) in [6, 6.07) is 4.42. The third-order valence-corrected chi connectivity index (χ3v) is 4.05. The van der Waals surface area contributed by atoms with Crippen LogP contribution in [0.25, 0.3) is 11.4 Å². The van der Waals surface area contributed by atoms with Crippen LogP contribution in [-0.4, -0.2) is 34.0 Å². The summed E-state index contributed by atoms with van der Waals surface area (Å²) in [4.78, 5) is 18.1. The first-order valence-electron chi connectivity index (χ1n) is 7.00. The fraction of sp³-hybridized carbons (Fsp3) is 0.333. The van der Waals surface area contributed by atoms with Gasteiger partial charge in [-0.25, -0.2) is 9.37 Å². The molecule has 1 aliphatic rings. The summed E-state index contributed by atoms with van der Waals surface area (Å²) >= 11 is 5.80. The van der Waals surface area contributed by atoms with Crippen molar-refractivity contribution in [1.82, 2.24) is 14.5 Å². The van der Waals surface area contributed by atoms with E-state index in [0.717, 1.165) is 18.7 Å². The number of fused-ring (bicyclic) bond motifs is 1. The molecular weight excluding hydrogens is 307 g/mol. The maximum Gasteiger partial charge on any atom is 0.269 e. The number of primary amides is 1. The van der Waals surface area contributed by atoms with Gasteiger partial charge < -0.3 is 15.2 Å². The minimum Gasteiger partial charge on any atom is -0.364 e. The molecule has 0 saturated carbocycles. The van der Waals surface area contributed by atoms with Gasteiger partial charge in [-0.2, -0.15) is 0 Å². The van der Waals surface area contributed by atoms with Crippen molar-refractivity contribution in [2.24, 2.45) is 5.73 Å². The number of halogens is 2. The van der Waals surface area contributed by atoms with E-state index in [-0.39, 0.29) is 5.69 Å². The number of carbonyl (C=O) groups excluding carboxylic acids is 1. The van der Waals surface area contributed by atoms with Crippen LogP contribution in [0.15, 0.2) is 18.2 Å². The summed E-state index contributed by atoms with van der Waals surface area (Å²) in [6.07, 6.45) is 0.889. The molecule has 22 heavy (non-hydrogen) atoms. The highest BCUT2D eigenvalue weighted by atomic mass is 35.5. The molecule has 0 fully saturated rings. The van der Waals surface area contributed by atoms with Gasteiger partial charge in [0.25, 0.3) is 5.91 Å². The van der Waals surface area contributed by atoms with Gasteiger partial charge in [-0.1, -0.05) is 11.6 Å². The minimum absolute atomic E-state index is 0.207. The summed E-state index contributed by atoms with van der Waals surface area (Å²) < 4.78 is 16.1. The van der Waals surface area contributed by atoms with Crippen LogP contribution < -0.4 is 5.73 Å². The zero-order valence-electron chi connectivity index (χ0n) is 12.1. The number of hydrogen-bond acceptors (Lipinski definition) is 3. The van der Waals surface area contributed by atoms with E-state index in [9.17, 15) is 9.18 Å². The van der Waals surface area contributed by atoms with Crippen LogP contribution in [0.2, 0.25) is 5.02 Å². The first-order valence-corrected chi connectivity index (χ1v) is 7.38. The highest BCUT2D eigenvalue weighted by Crippen LogP contribution is 2.29. The Morgan fingerprint density at radius 2 is 2.18 bits per heavy atom. The average molecular weight is 323 g/mol. The van der Waals surface area contributed by atoms with Gasteiger partial charge in [0, 0.05) is 18.1 Å².